The zero-order valence-electron chi connectivity index (χ0n) is 10.2. The first-order chi connectivity index (χ1) is 8.19. The first kappa shape index (κ1) is 12.9. The van der Waals surface area contributed by atoms with Gasteiger partial charge in [-0.1, -0.05) is 43.0 Å². The SMILES string of the molecule is NCC(N)C1(c2ccc(Cl)cc2)CCCCC1. The summed E-state index contributed by atoms with van der Waals surface area (Å²) in [5.74, 6) is 0. The molecule has 1 aromatic carbocycles. The fraction of sp³-hybridized carbons (Fsp3) is 0.571. The van der Waals surface area contributed by atoms with Gasteiger partial charge in [-0.2, -0.15) is 0 Å². The lowest BCUT2D eigenvalue weighted by molar-refractivity contribution is 0.245. The highest BCUT2D eigenvalue weighted by atomic mass is 35.5. The van der Waals surface area contributed by atoms with E-state index in [0.29, 0.717) is 6.54 Å². The van der Waals surface area contributed by atoms with E-state index in [-0.39, 0.29) is 11.5 Å². The van der Waals surface area contributed by atoms with Crippen LogP contribution in [0.3, 0.4) is 0 Å². The fourth-order valence-electron chi connectivity index (χ4n) is 3.06. The molecule has 1 atom stereocenters. The summed E-state index contributed by atoms with van der Waals surface area (Å²) in [4.78, 5) is 0. The van der Waals surface area contributed by atoms with Crippen molar-refractivity contribution in [2.24, 2.45) is 11.5 Å². The normalized spacial score (nSPS) is 21.1. The van der Waals surface area contributed by atoms with E-state index in [1.165, 1.54) is 24.8 Å². The zero-order chi connectivity index (χ0) is 12.3. The molecule has 1 aromatic rings. The van der Waals surface area contributed by atoms with E-state index in [1.807, 2.05) is 12.1 Å². The smallest absolute Gasteiger partial charge is 0.0406 e. The van der Waals surface area contributed by atoms with Gasteiger partial charge < -0.3 is 11.5 Å². The van der Waals surface area contributed by atoms with Crippen molar-refractivity contribution in [1.82, 2.24) is 0 Å². The Hall–Kier alpha value is -0.570. The van der Waals surface area contributed by atoms with Crippen LogP contribution in [0, 0.1) is 0 Å². The van der Waals surface area contributed by atoms with Gasteiger partial charge in [-0.3, -0.25) is 0 Å². The molecule has 1 fully saturated rings. The van der Waals surface area contributed by atoms with Gasteiger partial charge in [-0.05, 0) is 30.5 Å². The first-order valence-electron chi connectivity index (χ1n) is 6.41. The van der Waals surface area contributed by atoms with Crippen LogP contribution in [0.15, 0.2) is 24.3 Å². The third-order valence-electron chi connectivity index (χ3n) is 4.13. The Bertz CT molecular complexity index is 355. The summed E-state index contributed by atoms with van der Waals surface area (Å²) in [5, 5.41) is 0.779. The summed E-state index contributed by atoms with van der Waals surface area (Å²) in [6, 6.07) is 8.18. The van der Waals surface area contributed by atoms with E-state index in [4.69, 9.17) is 23.1 Å². The van der Waals surface area contributed by atoms with Crippen molar-refractivity contribution in [3.8, 4) is 0 Å². The molecular formula is C14H21ClN2. The Morgan fingerprint density at radius 2 is 1.71 bits per heavy atom. The molecule has 0 aliphatic heterocycles. The highest BCUT2D eigenvalue weighted by Gasteiger charge is 2.38. The molecule has 94 valence electrons. The molecular weight excluding hydrogens is 232 g/mol. The molecule has 1 saturated carbocycles. The van der Waals surface area contributed by atoms with Crippen molar-refractivity contribution >= 4 is 11.6 Å². The highest BCUT2D eigenvalue weighted by Crippen LogP contribution is 2.41. The monoisotopic (exact) mass is 252 g/mol. The average molecular weight is 253 g/mol. The second-order valence-corrected chi connectivity index (χ2v) is 5.50. The second-order valence-electron chi connectivity index (χ2n) is 5.07. The Labute approximate surface area is 108 Å². The Morgan fingerprint density at radius 3 is 2.24 bits per heavy atom. The van der Waals surface area contributed by atoms with Gasteiger partial charge in [0, 0.05) is 23.0 Å². The number of hydrogen-bond acceptors (Lipinski definition) is 2. The van der Waals surface area contributed by atoms with Gasteiger partial charge in [0.1, 0.15) is 0 Å². The maximum Gasteiger partial charge on any atom is 0.0406 e. The first-order valence-corrected chi connectivity index (χ1v) is 6.78. The minimum Gasteiger partial charge on any atom is -0.329 e. The molecule has 0 spiro atoms. The number of rotatable bonds is 3. The van der Waals surface area contributed by atoms with Crippen LogP contribution >= 0.6 is 11.6 Å². The molecule has 0 radical (unpaired) electrons. The molecule has 2 rings (SSSR count). The molecule has 17 heavy (non-hydrogen) atoms. The Kier molecular flexibility index (Phi) is 4.08. The van der Waals surface area contributed by atoms with Crippen LogP contribution in [-0.4, -0.2) is 12.6 Å². The van der Waals surface area contributed by atoms with Crippen molar-refractivity contribution in [3.63, 3.8) is 0 Å². The molecule has 4 N–H and O–H groups in total. The lowest BCUT2D eigenvalue weighted by atomic mass is 9.65. The molecule has 1 aliphatic carbocycles. The van der Waals surface area contributed by atoms with Crippen molar-refractivity contribution in [1.29, 1.82) is 0 Å². The van der Waals surface area contributed by atoms with E-state index >= 15 is 0 Å². The minimum atomic E-state index is 0.0453. The van der Waals surface area contributed by atoms with Gasteiger partial charge in [0.2, 0.25) is 0 Å². The van der Waals surface area contributed by atoms with Crippen LogP contribution in [0.25, 0.3) is 0 Å². The van der Waals surface area contributed by atoms with Crippen LogP contribution in [-0.2, 0) is 5.41 Å². The molecule has 2 nitrogen and oxygen atoms in total. The van der Waals surface area contributed by atoms with Gasteiger partial charge in [0.05, 0.1) is 0 Å². The molecule has 3 heteroatoms. The number of benzene rings is 1. The molecule has 1 aliphatic rings. The van der Waals surface area contributed by atoms with Crippen LogP contribution in [0.1, 0.15) is 37.7 Å². The van der Waals surface area contributed by atoms with E-state index in [1.54, 1.807) is 0 Å². The van der Waals surface area contributed by atoms with E-state index < -0.39 is 0 Å². The minimum absolute atomic E-state index is 0.0453. The van der Waals surface area contributed by atoms with Crippen molar-refractivity contribution in [3.05, 3.63) is 34.9 Å². The third-order valence-corrected chi connectivity index (χ3v) is 4.38. The number of hydrogen-bond donors (Lipinski definition) is 2. The van der Waals surface area contributed by atoms with E-state index in [9.17, 15) is 0 Å². The fourth-order valence-corrected chi connectivity index (χ4v) is 3.19. The molecule has 0 aromatic heterocycles. The third kappa shape index (κ3) is 2.49. The summed E-state index contributed by atoms with van der Waals surface area (Å²) in [6.07, 6.45) is 6.10. The molecule has 1 unspecified atom stereocenters. The zero-order valence-corrected chi connectivity index (χ0v) is 10.9. The molecule has 0 saturated heterocycles. The van der Waals surface area contributed by atoms with Gasteiger partial charge in [-0.25, -0.2) is 0 Å². The van der Waals surface area contributed by atoms with Crippen LogP contribution in [0.2, 0.25) is 5.02 Å². The quantitative estimate of drug-likeness (QED) is 0.869. The summed E-state index contributed by atoms with van der Waals surface area (Å²) in [5.41, 5.74) is 13.5. The molecule has 0 heterocycles. The largest absolute Gasteiger partial charge is 0.329 e. The van der Waals surface area contributed by atoms with Crippen LogP contribution < -0.4 is 11.5 Å². The Morgan fingerprint density at radius 1 is 1.12 bits per heavy atom. The van der Waals surface area contributed by atoms with E-state index in [2.05, 4.69) is 12.1 Å². The van der Waals surface area contributed by atoms with Gasteiger partial charge in [0.25, 0.3) is 0 Å². The average Bonchev–Trinajstić information content (AvgIpc) is 2.39. The summed E-state index contributed by atoms with van der Waals surface area (Å²) >= 11 is 5.95. The topological polar surface area (TPSA) is 52.0 Å². The van der Waals surface area contributed by atoms with Crippen molar-refractivity contribution < 1.29 is 0 Å². The van der Waals surface area contributed by atoms with Crippen molar-refractivity contribution in [2.75, 3.05) is 6.54 Å². The maximum atomic E-state index is 6.29. The lowest BCUT2D eigenvalue weighted by Gasteiger charge is -2.42. The molecule has 0 bridgehead atoms. The summed E-state index contributed by atoms with van der Waals surface area (Å²) < 4.78 is 0. The second kappa shape index (κ2) is 5.38. The lowest BCUT2D eigenvalue weighted by Crippen LogP contribution is -2.50. The standard InChI is InChI=1S/C14H21ClN2/c15-12-6-4-11(5-7-12)14(13(17)10-16)8-2-1-3-9-14/h4-7,13H,1-3,8-10,16-17H2. The highest BCUT2D eigenvalue weighted by molar-refractivity contribution is 6.30. The van der Waals surface area contributed by atoms with Crippen molar-refractivity contribution in [2.45, 2.75) is 43.6 Å². The number of nitrogens with two attached hydrogens (primary N) is 2. The van der Waals surface area contributed by atoms with Gasteiger partial charge in [0.15, 0.2) is 0 Å². The number of halogens is 1. The summed E-state index contributed by atoms with van der Waals surface area (Å²) in [6.45, 7) is 0.544. The molecule has 0 amide bonds. The van der Waals surface area contributed by atoms with Gasteiger partial charge in [-0.15, -0.1) is 0 Å². The predicted octanol–water partition coefficient (Wildman–Crippen LogP) is 2.83. The Balaban J connectivity index is 2.35. The van der Waals surface area contributed by atoms with Gasteiger partial charge >= 0.3 is 0 Å². The van der Waals surface area contributed by atoms with Crippen LogP contribution in [0.4, 0.5) is 0 Å². The van der Waals surface area contributed by atoms with Crippen LogP contribution in [0.5, 0.6) is 0 Å². The predicted molar refractivity (Wildman–Crippen MR) is 73.2 cm³/mol. The maximum absolute atomic E-state index is 6.29. The summed E-state index contributed by atoms with van der Waals surface area (Å²) in [7, 11) is 0. The van der Waals surface area contributed by atoms with E-state index in [0.717, 1.165) is 17.9 Å².